The summed E-state index contributed by atoms with van der Waals surface area (Å²) in [6.07, 6.45) is 2.59. The molecule has 13 heavy (non-hydrogen) atoms. The van der Waals surface area contributed by atoms with Crippen molar-refractivity contribution in [2.45, 2.75) is 25.9 Å². The minimum absolute atomic E-state index is 0.325. The van der Waals surface area contributed by atoms with Gasteiger partial charge in [0.15, 0.2) is 0 Å². The van der Waals surface area contributed by atoms with Gasteiger partial charge >= 0.3 is 0 Å². The molecule has 0 bridgehead atoms. The van der Waals surface area contributed by atoms with Crippen LogP contribution in [0.3, 0.4) is 0 Å². The summed E-state index contributed by atoms with van der Waals surface area (Å²) >= 11 is 0. The normalized spacial score (nSPS) is 23.3. The summed E-state index contributed by atoms with van der Waals surface area (Å²) in [5.74, 6) is 0.536. The molecule has 1 aliphatic heterocycles. The highest BCUT2D eigenvalue weighted by atomic mass is 16.5. The van der Waals surface area contributed by atoms with Gasteiger partial charge in [-0.3, -0.25) is 0 Å². The fourth-order valence-electron chi connectivity index (χ4n) is 1.79. The van der Waals surface area contributed by atoms with Crippen LogP contribution >= 0.6 is 0 Å². The van der Waals surface area contributed by atoms with E-state index < -0.39 is 0 Å². The molecule has 1 fully saturated rings. The number of piperidine rings is 1. The van der Waals surface area contributed by atoms with Crippen molar-refractivity contribution in [3.63, 3.8) is 0 Å². The molecule has 0 aromatic rings. The SMILES string of the molecule is COC(C)CN1CCC(CO)CC1. The molecule has 1 heterocycles. The van der Waals surface area contributed by atoms with Gasteiger partial charge in [0.05, 0.1) is 6.10 Å². The number of aliphatic hydroxyl groups excluding tert-OH is 1. The van der Waals surface area contributed by atoms with Gasteiger partial charge in [0.1, 0.15) is 0 Å². The minimum Gasteiger partial charge on any atom is -0.396 e. The molecule has 0 amide bonds. The first-order chi connectivity index (χ1) is 6.26. The molecule has 0 saturated carbocycles. The number of methoxy groups -OCH3 is 1. The maximum atomic E-state index is 8.96. The van der Waals surface area contributed by atoms with Gasteiger partial charge in [0.2, 0.25) is 0 Å². The van der Waals surface area contributed by atoms with Gasteiger partial charge in [0, 0.05) is 20.3 Å². The molecule has 0 aliphatic carbocycles. The van der Waals surface area contributed by atoms with Gasteiger partial charge < -0.3 is 14.7 Å². The molecule has 0 aromatic heterocycles. The third-order valence-corrected chi connectivity index (χ3v) is 2.88. The van der Waals surface area contributed by atoms with Crippen LogP contribution < -0.4 is 0 Å². The predicted molar refractivity (Wildman–Crippen MR) is 52.7 cm³/mol. The molecule has 0 aromatic carbocycles. The van der Waals surface area contributed by atoms with E-state index in [0.29, 0.717) is 18.6 Å². The fourth-order valence-corrected chi connectivity index (χ4v) is 1.79. The highest BCUT2D eigenvalue weighted by Crippen LogP contribution is 2.16. The zero-order valence-electron chi connectivity index (χ0n) is 8.70. The Hall–Kier alpha value is -0.120. The van der Waals surface area contributed by atoms with E-state index in [2.05, 4.69) is 11.8 Å². The first kappa shape index (κ1) is 11.0. The molecule has 78 valence electrons. The summed E-state index contributed by atoms with van der Waals surface area (Å²) in [6.45, 7) is 5.69. The lowest BCUT2D eigenvalue weighted by Gasteiger charge is -2.32. The number of hydrogen-bond donors (Lipinski definition) is 1. The van der Waals surface area contributed by atoms with Crippen LogP contribution in [-0.4, -0.2) is 49.5 Å². The number of rotatable bonds is 4. The van der Waals surface area contributed by atoms with Crippen molar-refractivity contribution in [2.75, 3.05) is 33.4 Å². The Morgan fingerprint density at radius 3 is 2.54 bits per heavy atom. The van der Waals surface area contributed by atoms with Crippen LogP contribution in [-0.2, 0) is 4.74 Å². The average Bonchev–Trinajstić information content (AvgIpc) is 2.19. The van der Waals surface area contributed by atoms with Crippen molar-refractivity contribution in [1.82, 2.24) is 4.90 Å². The maximum Gasteiger partial charge on any atom is 0.0670 e. The maximum absolute atomic E-state index is 8.96. The molecule has 1 rings (SSSR count). The molecular weight excluding hydrogens is 166 g/mol. The van der Waals surface area contributed by atoms with Crippen molar-refractivity contribution >= 4 is 0 Å². The Morgan fingerprint density at radius 1 is 1.46 bits per heavy atom. The monoisotopic (exact) mass is 187 g/mol. The molecule has 1 N–H and O–H groups in total. The van der Waals surface area contributed by atoms with Crippen LogP contribution in [0.15, 0.2) is 0 Å². The second kappa shape index (κ2) is 5.58. The molecule has 3 nitrogen and oxygen atoms in total. The molecule has 0 radical (unpaired) electrons. The van der Waals surface area contributed by atoms with Crippen molar-refractivity contribution in [3.8, 4) is 0 Å². The Bertz CT molecular complexity index is 133. The number of ether oxygens (including phenoxy) is 1. The van der Waals surface area contributed by atoms with E-state index in [4.69, 9.17) is 9.84 Å². The van der Waals surface area contributed by atoms with E-state index in [1.807, 2.05) is 0 Å². The molecule has 1 aliphatic rings. The Morgan fingerprint density at radius 2 is 2.08 bits per heavy atom. The van der Waals surface area contributed by atoms with E-state index in [1.165, 1.54) is 0 Å². The lowest BCUT2D eigenvalue weighted by atomic mass is 9.98. The van der Waals surface area contributed by atoms with E-state index in [9.17, 15) is 0 Å². The van der Waals surface area contributed by atoms with Crippen LogP contribution in [0, 0.1) is 5.92 Å². The fraction of sp³-hybridized carbons (Fsp3) is 1.00. The molecule has 1 unspecified atom stereocenters. The molecule has 1 atom stereocenters. The second-order valence-corrected chi connectivity index (χ2v) is 3.97. The van der Waals surface area contributed by atoms with Crippen LogP contribution in [0.2, 0.25) is 0 Å². The minimum atomic E-state index is 0.325. The van der Waals surface area contributed by atoms with Crippen molar-refractivity contribution in [2.24, 2.45) is 5.92 Å². The smallest absolute Gasteiger partial charge is 0.0670 e. The third-order valence-electron chi connectivity index (χ3n) is 2.88. The Balaban J connectivity index is 2.17. The predicted octanol–water partition coefficient (Wildman–Crippen LogP) is 0.726. The summed E-state index contributed by atoms with van der Waals surface area (Å²) in [7, 11) is 1.76. The van der Waals surface area contributed by atoms with Crippen molar-refractivity contribution in [3.05, 3.63) is 0 Å². The van der Waals surface area contributed by atoms with Gasteiger partial charge in [-0.1, -0.05) is 0 Å². The van der Waals surface area contributed by atoms with E-state index in [1.54, 1.807) is 7.11 Å². The highest BCUT2D eigenvalue weighted by Gasteiger charge is 2.19. The van der Waals surface area contributed by atoms with E-state index in [0.717, 1.165) is 32.5 Å². The van der Waals surface area contributed by atoms with Crippen LogP contribution in [0.1, 0.15) is 19.8 Å². The Labute approximate surface area is 80.7 Å². The lowest BCUT2D eigenvalue weighted by Crippen LogP contribution is -2.39. The topological polar surface area (TPSA) is 32.7 Å². The molecule has 0 spiro atoms. The molecule has 1 saturated heterocycles. The number of likely N-dealkylation sites (tertiary alicyclic amines) is 1. The Kier molecular flexibility index (Phi) is 4.70. The van der Waals surface area contributed by atoms with Gasteiger partial charge in [-0.2, -0.15) is 0 Å². The van der Waals surface area contributed by atoms with Crippen molar-refractivity contribution < 1.29 is 9.84 Å². The lowest BCUT2D eigenvalue weighted by molar-refractivity contribution is 0.0555. The van der Waals surface area contributed by atoms with Crippen LogP contribution in [0.25, 0.3) is 0 Å². The zero-order valence-corrected chi connectivity index (χ0v) is 8.70. The third kappa shape index (κ3) is 3.63. The van der Waals surface area contributed by atoms with Crippen molar-refractivity contribution in [1.29, 1.82) is 0 Å². The van der Waals surface area contributed by atoms with E-state index in [-0.39, 0.29) is 0 Å². The number of nitrogens with zero attached hydrogens (tertiary/aromatic N) is 1. The second-order valence-electron chi connectivity index (χ2n) is 3.97. The summed E-state index contributed by atoms with van der Waals surface area (Å²) in [5.41, 5.74) is 0. The first-order valence-electron chi connectivity index (χ1n) is 5.12. The van der Waals surface area contributed by atoms with Crippen LogP contribution in [0.5, 0.6) is 0 Å². The van der Waals surface area contributed by atoms with Gasteiger partial charge in [-0.25, -0.2) is 0 Å². The van der Waals surface area contributed by atoms with Gasteiger partial charge in [-0.05, 0) is 38.8 Å². The van der Waals surface area contributed by atoms with E-state index >= 15 is 0 Å². The summed E-state index contributed by atoms with van der Waals surface area (Å²) < 4.78 is 5.22. The van der Waals surface area contributed by atoms with Gasteiger partial charge in [0.25, 0.3) is 0 Å². The summed E-state index contributed by atoms with van der Waals surface area (Å²) in [6, 6.07) is 0. The number of hydrogen-bond acceptors (Lipinski definition) is 3. The molecular formula is C10H21NO2. The van der Waals surface area contributed by atoms with Crippen LogP contribution in [0.4, 0.5) is 0 Å². The first-order valence-corrected chi connectivity index (χ1v) is 5.12. The summed E-state index contributed by atoms with van der Waals surface area (Å²) in [4.78, 5) is 2.42. The largest absolute Gasteiger partial charge is 0.396 e. The standard InChI is InChI=1S/C10H21NO2/c1-9(13-2)7-11-5-3-10(8-12)4-6-11/h9-10,12H,3-8H2,1-2H3. The zero-order chi connectivity index (χ0) is 9.68. The number of aliphatic hydroxyl groups is 1. The quantitative estimate of drug-likeness (QED) is 0.704. The highest BCUT2D eigenvalue weighted by molar-refractivity contribution is 4.72. The average molecular weight is 187 g/mol. The van der Waals surface area contributed by atoms with Gasteiger partial charge in [-0.15, -0.1) is 0 Å². The summed E-state index contributed by atoms with van der Waals surface area (Å²) in [5, 5.41) is 8.96. The molecule has 3 heteroatoms.